The number of hydrogen-bond acceptors (Lipinski definition) is 6. The average molecular weight is 593 g/mol. The predicted octanol–water partition coefficient (Wildman–Crippen LogP) is 5.68. The fourth-order valence-electron chi connectivity index (χ4n) is 5.65. The highest BCUT2D eigenvalue weighted by Gasteiger charge is 2.37. The third kappa shape index (κ3) is 5.74. The minimum Gasteiger partial charge on any atom is -0.351 e. The van der Waals surface area contributed by atoms with Gasteiger partial charge >= 0.3 is 0 Å². The molecule has 42 heavy (non-hydrogen) atoms. The number of carbonyl (C=O) groups excluding carboxylic acids is 1. The van der Waals surface area contributed by atoms with Crippen LogP contribution < -0.4 is 15.5 Å². The molecule has 1 amide bonds. The Bertz CT molecular complexity index is 1420. The van der Waals surface area contributed by atoms with Crippen LogP contribution in [0.2, 0.25) is 0 Å². The van der Waals surface area contributed by atoms with Crippen LogP contribution in [0.5, 0.6) is 0 Å². The van der Waals surface area contributed by atoms with Crippen molar-refractivity contribution in [2.45, 2.75) is 64.8 Å². The molecule has 2 aromatic carbocycles. The lowest BCUT2D eigenvalue weighted by atomic mass is 9.85. The van der Waals surface area contributed by atoms with Gasteiger partial charge in [-0.25, -0.2) is 31.3 Å². The van der Waals surface area contributed by atoms with E-state index in [1.54, 1.807) is 18.9 Å². The zero-order chi connectivity index (χ0) is 30.5. The van der Waals surface area contributed by atoms with Gasteiger partial charge in [0.25, 0.3) is 0 Å². The van der Waals surface area contributed by atoms with Crippen molar-refractivity contribution in [1.29, 1.82) is 0 Å². The fourth-order valence-corrected chi connectivity index (χ4v) is 5.65. The number of anilines is 3. The summed E-state index contributed by atoms with van der Waals surface area (Å²) in [5.41, 5.74) is 1.39. The Kier molecular flexibility index (Phi) is 8.06. The molecule has 1 aliphatic heterocycles. The molecule has 0 spiro atoms. The van der Waals surface area contributed by atoms with Gasteiger partial charge in [-0.2, -0.15) is 4.98 Å². The first-order valence-electron chi connectivity index (χ1n) is 13.5. The van der Waals surface area contributed by atoms with Crippen molar-refractivity contribution in [3.63, 3.8) is 0 Å². The summed E-state index contributed by atoms with van der Waals surface area (Å²) < 4.78 is 82.7. The summed E-state index contributed by atoms with van der Waals surface area (Å²) in [4.78, 5) is 25.3. The van der Waals surface area contributed by atoms with Gasteiger partial charge in [0.2, 0.25) is 11.9 Å². The summed E-state index contributed by atoms with van der Waals surface area (Å²) in [7, 11) is 1.80. The predicted molar refractivity (Wildman–Crippen MR) is 145 cm³/mol. The molecular weight excluding hydrogens is 562 g/mol. The molecule has 2 heterocycles. The number of benzene rings is 2. The lowest BCUT2D eigenvalue weighted by Crippen LogP contribution is -2.50. The van der Waals surface area contributed by atoms with Crippen LogP contribution in [0.3, 0.4) is 0 Å². The molecule has 224 valence electrons. The molecule has 1 unspecified atom stereocenters. The van der Waals surface area contributed by atoms with Crippen molar-refractivity contribution in [1.82, 2.24) is 14.9 Å². The van der Waals surface area contributed by atoms with Crippen molar-refractivity contribution < 1.29 is 31.1 Å². The fraction of sp³-hybridized carbons (Fsp3) is 0.414. The van der Waals surface area contributed by atoms with Crippen LogP contribution in [-0.2, 0) is 17.9 Å². The number of hydrogen-bond donors (Lipinski definition) is 2. The summed E-state index contributed by atoms with van der Waals surface area (Å²) in [5, 5.41) is 6.18. The molecular formula is C29H30F6N6O. The highest BCUT2D eigenvalue weighted by atomic mass is 19.2. The molecule has 3 aromatic rings. The molecule has 1 aliphatic carbocycles. The molecule has 1 saturated carbocycles. The number of nitrogens with zero attached hydrogens (tertiary/aromatic N) is 4. The first-order valence-corrected chi connectivity index (χ1v) is 13.5. The molecule has 2 aliphatic rings. The first kappa shape index (κ1) is 29.6. The average Bonchev–Trinajstić information content (AvgIpc) is 2.88. The Morgan fingerprint density at radius 2 is 1.43 bits per heavy atom. The number of rotatable bonds is 8. The monoisotopic (exact) mass is 592 g/mol. The normalized spacial score (nSPS) is 20.0. The van der Waals surface area contributed by atoms with E-state index in [4.69, 9.17) is 0 Å². The summed E-state index contributed by atoms with van der Waals surface area (Å²) in [6.07, 6.45) is 1.03. The van der Waals surface area contributed by atoms with Crippen molar-refractivity contribution >= 4 is 23.4 Å². The number of fused-ring (bicyclic) bond motifs is 1. The van der Waals surface area contributed by atoms with E-state index in [1.165, 1.54) is 0 Å². The van der Waals surface area contributed by atoms with Crippen LogP contribution in [-0.4, -0.2) is 45.9 Å². The number of amides is 1. The van der Waals surface area contributed by atoms with Gasteiger partial charge in [-0.15, -0.1) is 0 Å². The smallest absolute Gasteiger partial charge is 0.247 e. The van der Waals surface area contributed by atoms with Crippen LogP contribution in [0.4, 0.5) is 43.8 Å². The Morgan fingerprint density at radius 1 is 0.929 bits per heavy atom. The van der Waals surface area contributed by atoms with E-state index >= 15 is 0 Å². The van der Waals surface area contributed by atoms with E-state index in [2.05, 4.69) is 20.6 Å². The van der Waals surface area contributed by atoms with Crippen LogP contribution in [0, 0.1) is 47.7 Å². The van der Waals surface area contributed by atoms with Crippen molar-refractivity contribution in [2.24, 2.45) is 5.92 Å². The topological polar surface area (TPSA) is 73.4 Å². The van der Waals surface area contributed by atoms with Crippen LogP contribution >= 0.6 is 0 Å². The largest absolute Gasteiger partial charge is 0.351 e. The lowest BCUT2D eigenvalue weighted by molar-refractivity contribution is -0.118. The maximum absolute atomic E-state index is 13.9. The van der Waals surface area contributed by atoms with E-state index in [0.29, 0.717) is 36.0 Å². The maximum Gasteiger partial charge on any atom is 0.247 e. The Labute approximate surface area is 238 Å². The zero-order valence-corrected chi connectivity index (χ0v) is 23.4. The van der Waals surface area contributed by atoms with Gasteiger partial charge in [0, 0.05) is 32.2 Å². The van der Waals surface area contributed by atoms with Crippen LogP contribution in [0.1, 0.15) is 43.5 Å². The van der Waals surface area contributed by atoms with Gasteiger partial charge in [-0.1, -0.05) is 13.8 Å². The zero-order valence-electron chi connectivity index (χ0n) is 23.4. The van der Waals surface area contributed by atoms with Gasteiger partial charge < -0.3 is 15.5 Å². The second-order valence-electron chi connectivity index (χ2n) is 11.2. The molecule has 1 aromatic heterocycles. The first-order chi connectivity index (χ1) is 19.8. The van der Waals surface area contributed by atoms with Crippen molar-refractivity contribution in [2.75, 3.05) is 22.6 Å². The Balaban J connectivity index is 1.33. The van der Waals surface area contributed by atoms with E-state index in [1.807, 2.05) is 18.7 Å². The summed E-state index contributed by atoms with van der Waals surface area (Å²) in [5.74, 6) is -7.72. The summed E-state index contributed by atoms with van der Waals surface area (Å²) >= 11 is 0. The lowest BCUT2D eigenvalue weighted by Gasteiger charge is -2.43. The maximum atomic E-state index is 13.9. The van der Waals surface area contributed by atoms with Crippen LogP contribution in [0.15, 0.2) is 24.3 Å². The van der Waals surface area contributed by atoms with Gasteiger partial charge in [-0.3, -0.25) is 9.69 Å². The van der Waals surface area contributed by atoms with E-state index in [0.717, 1.165) is 24.3 Å². The molecule has 13 heteroatoms. The summed E-state index contributed by atoms with van der Waals surface area (Å²) in [6, 6.07) is 2.76. The number of nitrogens with one attached hydrogen (secondary N) is 2. The molecule has 1 atom stereocenters. The molecule has 0 saturated heterocycles. The van der Waals surface area contributed by atoms with Crippen LogP contribution in [0.25, 0.3) is 0 Å². The number of carbonyl (C=O) groups is 1. The number of likely N-dealkylation sites (N-methyl/N-ethyl adjacent to an activating group) is 1. The van der Waals surface area contributed by atoms with Gasteiger partial charge in [0.05, 0.1) is 5.69 Å². The second kappa shape index (κ2) is 11.4. The van der Waals surface area contributed by atoms with E-state index < -0.39 is 40.9 Å². The standard InChI is InChI=1S/C29H30F6N6O/c1-13(2)26-28(42)38-25-14(3)36-29(39-27(25)40(26)4)37-17-9-18(10-17)41(11-15-5-19(30)23(34)20(31)6-15)12-16-7-21(32)24(35)22(33)8-16/h5-8,13,17-18,26H,9-12H2,1-4H3,(H,38,42)(H,36,37,39). The number of aryl methyl sites for hydroxylation is 1. The third-order valence-electron chi connectivity index (χ3n) is 7.79. The second-order valence-corrected chi connectivity index (χ2v) is 11.2. The highest BCUT2D eigenvalue weighted by molar-refractivity contribution is 6.03. The van der Waals surface area contributed by atoms with Gasteiger partial charge in [-0.05, 0) is 61.1 Å². The van der Waals surface area contributed by atoms with E-state index in [-0.39, 0.29) is 48.1 Å². The SMILES string of the molecule is Cc1nc(NC2CC(N(Cc3cc(F)c(F)c(F)c3)Cc3cc(F)c(F)c(F)c3)C2)nc2c1NC(=O)C(C(C)C)N2C. The molecule has 5 rings (SSSR count). The van der Waals surface area contributed by atoms with Gasteiger partial charge in [0.15, 0.2) is 40.7 Å². The molecule has 0 bridgehead atoms. The molecule has 7 nitrogen and oxygen atoms in total. The third-order valence-corrected chi connectivity index (χ3v) is 7.79. The van der Waals surface area contributed by atoms with E-state index in [9.17, 15) is 31.1 Å². The number of aromatic nitrogens is 2. The van der Waals surface area contributed by atoms with Gasteiger partial charge in [0.1, 0.15) is 11.7 Å². The Hall–Kier alpha value is -3.87. The number of halogens is 6. The highest BCUT2D eigenvalue weighted by Crippen LogP contribution is 2.36. The molecule has 1 fully saturated rings. The molecule has 2 N–H and O–H groups in total. The van der Waals surface area contributed by atoms with Crippen molar-refractivity contribution in [3.8, 4) is 0 Å². The quantitative estimate of drug-likeness (QED) is 0.259. The summed E-state index contributed by atoms with van der Waals surface area (Å²) in [6.45, 7) is 5.55. The Morgan fingerprint density at radius 3 is 1.90 bits per heavy atom. The minimum absolute atomic E-state index is 0.0410. The molecule has 0 radical (unpaired) electrons. The minimum atomic E-state index is -1.59. The van der Waals surface area contributed by atoms with Crippen molar-refractivity contribution in [3.05, 3.63) is 76.0 Å².